The molecule has 0 aliphatic rings. The second-order valence-corrected chi connectivity index (χ2v) is 3.89. The molecule has 2 N–H and O–H groups in total. The fourth-order valence-corrected chi connectivity index (χ4v) is 1.36. The summed E-state index contributed by atoms with van der Waals surface area (Å²) in [5.74, 6) is -0.614. The van der Waals surface area contributed by atoms with Crippen LogP contribution in [0.3, 0.4) is 0 Å². The minimum absolute atomic E-state index is 0.0926. The second-order valence-electron chi connectivity index (χ2n) is 3.89. The molecule has 0 bridgehead atoms. The van der Waals surface area contributed by atoms with Crippen LogP contribution in [-0.4, -0.2) is 17.4 Å². The summed E-state index contributed by atoms with van der Waals surface area (Å²) in [7, 11) is 0. The van der Waals surface area contributed by atoms with Gasteiger partial charge in [-0.1, -0.05) is 13.0 Å². The SMILES string of the molecule is CCCN/C=C(/C#N)C(=O)Nc1cccc([N+](=O)[O-])c1. The van der Waals surface area contributed by atoms with Crippen molar-refractivity contribution < 1.29 is 9.72 Å². The van der Waals surface area contributed by atoms with Crippen molar-refractivity contribution in [3.63, 3.8) is 0 Å². The summed E-state index contributed by atoms with van der Waals surface area (Å²) in [6, 6.07) is 7.29. The highest BCUT2D eigenvalue weighted by Gasteiger charge is 2.11. The number of hydrogen-bond acceptors (Lipinski definition) is 5. The molecule has 0 fully saturated rings. The first-order chi connectivity index (χ1) is 9.58. The lowest BCUT2D eigenvalue weighted by Crippen LogP contribution is -2.17. The van der Waals surface area contributed by atoms with Crippen LogP contribution in [0.1, 0.15) is 13.3 Å². The Morgan fingerprint density at radius 1 is 1.55 bits per heavy atom. The molecule has 0 saturated carbocycles. The Morgan fingerprint density at radius 2 is 2.30 bits per heavy atom. The summed E-state index contributed by atoms with van der Waals surface area (Å²) in [6.45, 7) is 2.60. The Kier molecular flexibility index (Phi) is 5.72. The quantitative estimate of drug-likeness (QED) is 0.271. The minimum Gasteiger partial charge on any atom is -0.390 e. The maximum atomic E-state index is 11.8. The van der Waals surface area contributed by atoms with Crippen molar-refractivity contribution in [1.29, 1.82) is 5.26 Å². The monoisotopic (exact) mass is 274 g/mol. The molecule has 0 heterocycles. The van der Waals surface area contributed by atoms with Crippen molar-refractivity contribution in [2.45, 2.75) is 13.3 Å². The largest absolute Gasteiger partial charge is 0.390 e. The van der Waals surface area contributed by atoms with E-state index in [1.54, 1.807) is 6.07 Å². The van der Waals surface area contributed by atoms with Gasteiger partial charge in [-0.25, -0.2) is 0 Å². The molecule has 7 heteroatoms. The van der Waals surface area contributed by atoms with Crippen molar-refractivity contribution in [3.8, 4) is 6.07 Å². The summed E-state index contributed by atoms with van der Waals surface area (Å²) < 4.78 is 0. The number of nitrogens with one attached hydrogen (secondary N) is 2. The number of anilines is 1. The van der Waals surface area contributed by atoms with Crippen LogP contribution >= 0.6 is 0 Å². The molecule has 0 spiro atoms. The highest BCUT2D eigenvalue weighted by molar-refractivity contribution is 6.06. The number of nitriles is 1. The van der Waals surface area contributed by atoms with Gasteiger partial charge >= 0.3 is 0 Å². The Labute approximate surface area is 116 Å². The summed E-state index contributed by atoms with van der Waals surface area (Å²) in [5, 5.41) is 24.8. The molecule has 7 nitrogen and oxygen atoms in total. The average molecular weight is 274 g/mol. The summed E-state index contributed by atoms with van der Waals surface area (Å²) in [4.78, 5) is 21.9. The minimum atomic E-state index is -0.614. The van der Waals surface area contributed by atoms with E-state index in [-0.39, 0.29) is 16.9 Å². The van der Waals surface area contributed by atoms with E-state index in [0.717, 1.165) is 6.42 Å². The van der Waals surface area contributed by atoms with Crippen LogP contribution < -0.4 is 10.6 Å². The fourth-order valence-electron chi connectivity index (χ4n) is 1.36. The third-order valence-electron chi connectivity index (χ3n) is 2.32. The highest BCUT2D eigenvalue weighted by Crippen LogP contribution is 2.17. The molecule has 104 valence electrons. The number of nitro groups is 1. The zero-order valence-corrected chi connectivity index (χ0v) is 10.9. The van der Waals surface area contributed by atoms with Gasteiger partial charge in [-0.3, -0.25) is 14.9 Å². The number of amides is 1. The van der Waals surface area contributed by atoms with Crippen molar-refractivity contribution in [2.24, 2.45) is 0 Å². The number of non-ortho nitro benzene ring substituents is 1. The molecule has 0 aliphatic heterocycles. The maximum absolute atomic E-state index is 11.8. The third kappa shape index (κ3) is 4.42. The number of nitrogens with zero attached hydrogens (tertiary/aromatic N) is 2. The molecule has 0 atom stereocenters. The Morgan fingerprint density at radius 3 is 2.90 bits per heavy atom. The second kappa shape index (κ2) is 7.53. The number of carbonyl (C=O) groups excluding carboxylic acids is 1. The fraction of sp³-hybridized carbons (Fsp3) is 0.231. The van der Waals surface area contributed by atoms with Gasteiger partial charge in [-0.2, -0.15) is 5.26 Å². The van der Waals surface area contributed by atoms with Crippen LogP contribution in [0, 0.1) is 21.4 Å². The van der Waals surface area contributed by atoms with Gasteiger partial charge in [0.1, 0.15) is 11.6 Å². The molecular weight excluding hydrogens is 260 g/mol. The molecule has 0 radical (unpaired) electrons. The van der Waals surface area contributed by atoms with Gasteiger partial charge in [0.25, 0.3) is 11.6 Å². The highest BCUT2D eigenvalue weighted by atomic mass is 16.6. The van der Waals surface area contributed by atoms with E-state index in [1.165, 1.54) is 30.5 Å². The molecule has 0 aliphatic carbocycles. The molecule has 1 rings (SSSR count). The summed E-state index contributed by atoms with van der Waals surface area (Å²) in [6.07, 6.45) is 2.19. The Balaban J connectivity index is 2.79. The smallest absolute Gasteiger partial charge is 0.271 e. The zero-order chi connectivity index (χ0) is 15.0. The molecule has 0 saturated heterocycles. The van der Waals surface area contributed by atoms with E-state index in [9.17, 15) is 14.9 Å². The van der Waals surface area contributed by atoms with E-state index < -0.39 is 10.8 Å². The first-order valence-corrected chi connectivity index (χ1v) is 5.98. The lowest BCUT2D eigenvalue weighted by atomic mass is 10.2. The van der Waals surface area contributed by atoms with Crippen molar-refractivity contribution in [3.05, 3.63) is 46.2 Å². The third-order valence-corrected chi connectivity index (χ3v) is 2.32. The van der Waals surface area contributed by atoms with Gasteiger partial charge in [-0.15, -0.1) is 0 Å². The zero-order valence-electron chi connectivity index (χ0n) is 10.9. The first kappa shape index (κ1) is 15.2. The average Bonchev–Trinajstić information content (AvgIpc) is 2.43. The number of benzene rings is 1. The van der Waals surface area contributed by atoms with Crippen LogP contribution in [-0.2, 0) is 4.79 Å². The van der Waals surface area contributed by atoms with Gasteiger partial charge in [0.2, 0.25) is 0 Å². The number of rotatable bonds is 6. The van der Waals surface area contributed by atoms with Gasteiger partial charge in [0.05, 0.1) is 4.92 Å². The van der Waals surface area contributed by atoms with E-state index in [0.29, 0.717) is 6.54 Å². The molecular formula is C13H14N4O3. The van der Waals surface area contributed by atoms with Crippen LogP contribution in [0.5, 0.6) is 0 Å². The van der Waals surface area contributed by atoms with Crippen LogP contribution in [0.25, 0.3) is 0 Å². The van der Waals surface area contributed by atoms with Crippen LogP contribution in [0.2, 0.25) is 0 Å². The van der Waals surface area contributed by atoms with Crippen molar-refractivity contribution in [2.75, 3.05) is 11.9 Å². The van der Waals surface area contributed by atoms with Gasteiger partial charge < -0.3 is 10.6 Å². The molecule has 0 unspecified atom stereocenters. The predicted octanol–water partition coefficient (Wildman–Crippen LogP) is 1.94. The van der Waals surface area contributed by atoms with Gasteiger partial charge in [0.15, 0.2) is 0 Å². The first-order valence-electron chi connectivity index (χ1n) is 5.98. The van der Waals surface area contributed by atoms with E-state index >= 15 is 0 Å². The topological polar surface area (TPSA) is 108 Å². The molecule has 1 aromatic carbocycles. The molecule has 0 aromatic heterocycles. The lowest BCUT2D eigenvalue weighted by Gasteiger charge is -2.04. The predicted molar refractivity (Wildman–Crippen MR) is 73.7 cm³/mol. The molecule has 1 amide bonds. The van der Waals surface area contributed by atoms with Crippen LogP contribution in [0.4, 0.5) is 11.4 Å². The van der Waals surface area contributed by atoms with Gasteiger partial charge in [0, 0.05) is 30.6 Å². The number of nitro benzene ring substituents is 1. The van der Waals surface area contributed by atoms with Crippen molar-refractivity contribution in [1.82, 2.24) is 5.32 Å². The lowest BCUT2D eigenvalue weighted by molar-refractivity contribution is -0.384. The number of hydrogen-bond donors (Lipinski definition) is 2. The standard InChI is InChI=1S/C13H14N4O3/c1-2-6-15-9-10(8-14)13(18)16-11-4-3-5-12(7-11)17(19)20/h3-5,7,9,15H,2,6H2,1H3,(H,16,18)/b10-9-. The molecule has 20 heavy (non-hydrogen) atoms. The molecule has 1 aromatic rings. The number of carbonyl (C=O) groups is 1. The normalized spacial score (nSPS) is 10.5. The van der Waals surface area contributed by atoms with Crippen molar-refractivity contribution >= 4 is 17.3 Å². The Hall–Kier alpha value is -2.88. The summed E-state index contributed by atoms with van der Waals surface area (Å²) >= 11 is 0. The van der Waals surface area contributed by atoms with E-state index in [1.807, 2.05) is 6.92 Å². The van der Waals surface area contributed by atoms with E-state index in [4.69, 9.17) is 5.26 Å². The van der Waals surface area contributed by atoms with Crippen LogP contribution in [0.15, 0.2) is 36.0 Å². The Bertz CT molecular complexity index is 575. The maximum Gasteiger partial charge on any atom is 0.271 e. The van der Waals surface area contributed by atoms with Gasteiger partial charge in [-0.05, 0) is 12.5 Å². The van der Waals surface area contributed by atoms with E-state index in [2.05, 4.69) is 10.6 Å². The summed E-state index contributed by atoms with van der Waals surface area (Å²) in [5.41, 5.74) is 0.0418.